The Morgan fingerprint density at radius 1 is 1.03 bits per heavy atom. The predicted octanol–water partition coefficient (Wildman–Crippen LogP) is 4.36. The van der Waals surface area contributed by atoms with Gasteiger partial charge in [0.2, 0.25) is 0 Å². The highest BCUT2D eigenvalue weighted by molar-refractivity contribution is 7.15. The number of aromatic nitrogens is 4. The van der Waals surface area contributed by atoms with E-state index in [0.29, 0.717) is 5.65 Å². The molecule has 0 unspecified atom stereocenters. The number of piperazine rings is 1. The van der Waals surface area contributed by atoms with Crippen LogP contribution >= 0.6 is 11.3 Å². The number of aromatic amines is 1. The maximum Gasteiger partial charge on any atom is 0.252 e. The Kier molecular flexibility index (Phi) is 6.08. The second-order valence-corrected chi connectivity index (χ2v) is 10.7. The average molecular weight is 497 g/mol. The number of nitrogens with zero attached hydrogens (tertiary/aromatic N) is 5. The van der Waals surface area contributed by atoms with Crippen LogP contribution in [-0.4, -0.2) is 69.5 Å². The molecule has 0 amide bonds. The van der Waals surface area contributed by atoms with Gasteiger partial charge in [-0.1, -0.05) is 12.1 Å². The standard InChI is InChI=1S/C28H28N6OS/c1-18-30-17-25(36-18)26-23(19-5-6-24-20(14-19)4-3-8-29-24)16-22-15-21(28(35)32-27(22)31-26)7-9-34-12-10-33(2)11-13-34/h3-6,8,14-17H,7,9-13H2,1-2H3,(H,31,32,35). The highest BCUT2D eigenvalue weighted by atomic mass is 32.1. The van der Waals surface area contributed by atoms with Crippen molar-refractivity contribution in [1.82, 2.24) is 29.7 Å². The molecule has 0 aliphatic carbocycles. The minimum absolute atomic E-state index is 0.0555. The van der Waals surface area contributed by atoms with Crippen LogP contribution in [0.5, 0.6) is 0 Å². The van der Waals surface area contributed by atoms with E-state index in [-0.39, 0.29) is 5.56 Å². The van der Waals surface area contributed by atoms with E-state index >= 15 is 0 Å². The lowest BCUT2D eigenvalue weighted by molar-refractivity contribution is 0.155. The molecule has 6 rings (SSSR count). The molecular weight excluding hydrogens is 468 g/mol. The number of thiazole rings is 1. The Hall–Kier alpha value is -3.46. The molecule has 182 valence electrons. The topological polar surface area (TPSA) is 78.0 Å². The molecule has 8 heteroatoms. The van der Waals surface area contributed by atoms with Gasteiger partial charge in [0.05, 0.1) is 21.1 Å². The number of aryl methyl sites for hydroxylation is 1. The molecule has 0 atom stereocenters. The van der Waals surface area contributed by atoms with Gasteiger partial charge in [-0.05, 0) is 56.3 Å². The lowest BCUT2D eigenvalue weighted by Crippen LogP contribution is -2.45. The largest absolute Gasteiger partial charge is 0.306 e. The van der Waals surface area contributed by atoms with Crippen LogP contribution in [0, 0.1) is 6.92 Å². The third-order valence-electron chi connectivity index (χ3n) is 6.97. The van der Waals surface area contributed by atoms with Crippen LogP contribution in [-0.2, 0) is 6.42 Å². The molecule has 0 saturated carbocycles. The zero-order chi connectivity index (χ0) is 24.6. The second kappa shape index (κ2) is 9.54. The molecule has 5 heterocycles. The quantitative estimate of drug-likeness (QED) is 0.390. The van der Waals surface area contributed by atoms with Crippen LogP contribution in [0.4, 0.5) is 0 Å². The van der Waals surface area contributed by atoms with Crippen molar-refractivity contribution >= 4 is 33.3 Å². The predicted molar refractivity (Wildman–Crippen MR) is 147 cm³/mol. The maximum atomic E-state index is 13.0. The lowest BCUT2D eigenvalue weighted by atomic mass is 9.99. The third-order valence-corrected chi connectivity index (χ3v) is 7.89. The minimum atomic E-state index is -0.0555. The molecule has 1 N–H and O–H groups in total. The van der Waals surface area contributed by atoms with Gasteiger partial charge in [0, 0.05) is 67.0 Å². The first-order valence-corrected chi connectivity index (χ1v) is 13.1. The molecule has 0 bridgehead atoms. The van der Waals surface area contributed by atoms with Crippen molar-refractivity contribution in [3.63, 3.8) is 0 Å². The highest BCUT2D eigenvalue weighted by Gasteiger charge is 2.17. The third kappa shape index (κ3) is 4.55. The number of fused-ring (bicyclic) bond motifs is 2. The smallest absolute Gasteiger partial charge is 0.252 e. The summed E-state index contributed by atoms with van der Waals surface area (Å²) in [7, 11) is 2.16. The van der Waals surface area contributed by atoms with Crippen molar-refractivity contribution in [2.24, 2.45) is 0 Å². The number of rotatable bonds is 5. The molecule has 0 spiro atoms. The van der Waals surface area contributed by atoms with E-state index in [0.717, 1.165) is 87.7 Å². The van der Waals surface area contributed by atoms with E-state index in [4.69, 9.17) is 4.98 Å². The van der Waals surface area contributed by atoms with Gasteiger partial charge >= 0.3 is 0 Å². The molecule has 1 aliphatic rings. The number of benzene rings is 1. The lowest BCUT2D eigenvalue weighted by Gasteiger charge is -2.32. The van der Waals surface area contributed by atoms with Crippen molar-refractivity contribution in [2.45, 2.75) is 13.3 Å². The van der Waals surface area contributed by atoms with E-state index in [1.54, 1.807) is 11.3 Å². The van der Waals surface area contributed by atoms with Gasteiger partial charge in [-0.2, -0.15) is 0 Å². The first-order chi connectivity index (χ1) is 17.5. The van der Waals surface area contributed by atoms with E-state index in [1.807, 2.05) is 37.5 Å². The Labute approximate surface area is 213 Å². The van der Waals surface area contributed by atoms with Gasteiger partial charge in [0.15, 0.2) is 0 Å². The molecule has 1 fully saturated rings. The number of hydrogen-bond donors (Lipinski definition) is 1. The highest BCUT2D eigenvalue weighted by Crippen LogP contribution is 2.36. The second-order valence-electron chi connectivity index (χ2n) is 9.50. The van der Waals surface area contributed by atoms with Gasteiger partial charge < -0.3 is 14.8 Å². The van der Waals surface area contributed by atoms with E-state index in [2.05, 4.69) is 56.1 Å². The fourth-order valence-corrected chi connectivity index (χ4v) is 5.62. The minimum Gasteiger partial charge on any atom is -0.306 e. The van der Waals surface area contributed by atoms with Crippen molar-refractivity contribution in [3.8, 4) is 21.7 Å². The molecule has 7 nitrogen and oxygen atoms in total. The average Bonchev–Trinajstić information content (AvgIpc) is 3.33. The fraction of sp³-hybridized carbons (Fsp3) is 0.286. The van der Waals surface area contributed by atoms with Crippen LogP contribution in [0.15, 0.2) is 59.7 Å². The molecule has 5 aromatic rings. The first-order valence-electron chi connectivity index (χ1n) is 12.3. The fourth-order valence-electron chi connectivity index (χ4n) is 4.84. The summed E-state index contributed by atoms with van der Waals surface area (Å²) in [6, 6.07) is 14.5. The molecule has 1 aromatic carbocycles. The van der Waals surface area contributed by atoms with Crippen molar-refractivity contribution < 1.29 is 0 Å². The molecule has 36 heavy (non-hydrogen) atoms. The van der Waals surface area contributed by atoms with Crippen LogP contribution in [0.2, 0.25) is 0 Å². The summed E-state index contributed by atoms with van der Waals surface area (Å²) in [6.07, 6.45) is 4.40. The maximum absolute atomic E-state index is 13.0. The van der Waals surface area contributed by atoms with Crippen molar-refractivity contribution in [1.29, 1.82) is 0 Å². The Morgan fingerprint density at radius 2 is 1.89 bits per heavy atom. The Bertz CT molecular complexity index is 1620. The molecule has 0 radical (unpaired) electrons. The van der Waals surface area contributed by atoms with E-state index in [1.165, 1.54) is 0 Å². The summed E-state index contributed by atoms with van der Waals surface area (Å²) in [4.78, 5) is 35.7. The number of pyridine rings is 3. The van der Waals surface area contributed by atoms with Gasteiger partial charge in [-0.15, -0.1) is 11.3 Å². The van der Waals surface area contributed by atoms with Gasteiger partial charge in [-0.3, -0.25) is 9.78 Å². The summed E-state index contributed by atoms with van der Waals surface area (Å²) in [5.41, 5.74) is 5.23. The Balaban J connectivity index is 1.43. The summed E-state index contributed by atoms with van der Waals surface area (Å²) < 4.78 is 0. The van der Waals surface area contributed by atoms with E-state index in [9.17, 15) is 4.79 Å². The van der Waals surface area contributed by atoms with Crippen LogP contribution in [0.25, 0.3) is 43.6 Å². The molecule has 1 saturated heterocycles. The zero-order valence-corrected chi connectivity index (χ0v) is 21.3. The molecule has 1 aliphatic heterocycles. The Morgan fingerprint density at radius 3 is 2.69 bits per heavy atom. The van der Waals surface area contributed by atoms with Crippen molar-refractivity contribution in [3.05, 3.63) is 75.8 Å². The number of nitrogens with one attached hydrogen (secondary N) is 1. The summed E-state index contributed by atoms with van der Waals surface area (Å²) in [6.45, 7) is 7.11. The monoisotopic (exact) mass is 496 g/mol. The first kappa shape index (κ1) is 23.0. The van der Waals surface area contributed by atoms with Crippen LogP contribution in [0.3, 0.4) is 0 Å². The number of H-pyrrole nitrogens is 1. The van der Waals surface area contributed by atoms with Gasteiger partial charge in [0.25, 0.3) is 5.56 Å². The van der Waals surface area contributed by atoms with Gasteiger partial charge in [-0.25, -0.2) is 9.97 Å². The zero-order valence-electron chi connectivity index (χ0n) is 20.5. The molecular formula is C28H28N6OS. The normalized spacial score (nSPS) is 15.2. The summed E-state index contributed by atoms with van der Waals surface area (Å²) in [5.74, 6) is 0. The van der Waals surface area contributed by atoms with Gasteiger partial charge in [0.1, 0.15) is 5.65 Å². The van der Waals surface area contributed by atoms with Crippen LogP contribution in [0.1, 0.15) is 10.6 Å². The summed E-state index contributed by atoms with van der Waals surface area (Å²) >= 11 is 1.61. The number of hydrogen-bond acceptors (Lipinski definition) is 7. The van der Waals surface area contributed by atoms with E-state index < -0.39 is 0 Å². The SMILES string of the molecule is Cc1ncc(-c2nc3[nH]c(=O)c(CCN4CCN(C)CC4)cc3cc2-c2ccc3ncccc3c2)s1. The molecule has 4 aromatic heterocycles. The van der Waals surface area contributed by atoms with Crippen LogP contribution < -0.4 is 5.56 Å². The van der Waals surface area contributed by atoms with Crippen molar-refractivity contribution in [2.75, 3.05) is 39.8 Å². The number of likely N-dealkylation sites (N-methyl/N-ethyl adjacent to an activating group) is 1. The summed E-state index contributed by atoms with van der Waals surface area (Å²) in [5, 5.41) is 3.00.